The summed E-state index contributed by atoms with van der Waals surface area (Å²) in [6.07, 6.45) is 1.02. The summed E-state index contributed by atoms with van der Waals surface area (Å²) in [6, 6.07) is 4.46. The van der Waals surface area contributed by atoms with Crippen LogP contribution in [0.25, 0.3) is 0 Å². The topological polar surface area (TPSA) is 67.8 Å². The molecule has 24 heavy (non-hydrogen) atoms. The third-order valence-corrected chi connectivity index (χ3v) is 5.25. The van der Waals surface area contributed by atoms with Gasteiger partial charge in [0.2, 0.25) is 0 Å². The lowest BCUT2D eigenvalue weighted by Gasteiger charge is -2.20. The summed E-state index contributed by atoms with van der Waals surface area (Å²) in [5.41, 5.74) is 6.39. The van der Waals surface area contributed by atoms with E-state index in [1.54, 1.807) is 0 Å². The third kappa shape index (κ3) is 2.74. The molecule has 2 aromatic heterocycles. The van der Waals surface area contributed by atoms with Crippen molar-refractivity contribution in [1.82, 2.24) is 19.7 Å². The van der Waals surface area contributed by atoms with Gasteiger partial charge in [-0.05, 0) is 38.8 Å². The van der Waals surface area contributed by atoms with Crippen LogP contribution in [0.1, 0.15) is 46.4 Å². The Labute approximate surface area is 143 Å². The van der Waals surface area contributed by atoms with E-state index in [0.29, 0.717) is 5.69 Å². The van der Waals surface area contributed by atoms with Crippen LogP contribution in [-0.4, -0.2) is 27.0 Å². The molecule has 0 aliphatic carbocycles. The van der Waals surface area contributed by atoms with E-state index in [4.69, 9.17) is 10.00 Å². The van der Waals surface area contributed by atoms with Crippen molar-refractivity contribution in [1.29, 1.82) is 5.26 Å². The Balaban J connectivity index is 1.77. The van der Waals surface area contributed by atoms with Crippen LogP contribution in [-0.2, 0) is 25.4 Å². The van der Waals surface area contributed by atoms with Crippen LogP contribution in [0.2, 0.25) is 0 Å². The number of hydrogen-bond acceptors (Lipinski definition) is 4. The molecular formula is C18H25N5O. The number of nitriles is 1. The Morgan fingerprint density at radius 2 is 2.08 bits per heavy atom. The lowest BCUT2D eigenvalue weighted by molar-refractivity contribution is 0.0974. The van der Waals surface area contributed by atoms with E-state index in [-0.39, 0.29) is 12.1 Å². The Kier molecular flexibility index (Phi) is 4.48. The highest BCUT2D eigenvalue weighted by molar-refractivity contribution is 5.34. The summed E-state index contributed by atoms with van der Waals surface area (Å²) in [5.74, 6) is 0. The van der Waals surface area contributed by atoms with Crippen molar-refractivity contribution in [3.63, 3.8) is 0 Å². The first-order chi connectivity index (χ1) is 11.4. The number of ether oxygens (including phenoxy) is 1. The SMILES string of the molecule is Cc1nn(C)c(C)c1[C@H]1OCC[C@@H]1NCc1cc(C#N)n(C)c1C. The lowest BCUT2D eigenvalue weighted by atomic mass is 10.00. The number of aromatic nitrogens is 3. The summed E-state index contributed by atoms with van der Waals surface area (Å²) in [5, 5.41) is 17.3. The van der Waals surface area contributed by atoms with E-state index >= 15 is 0 Å². The molecule has 2 aromatic rings. The molecule has 1 aliphatic rings. The van der Waals surface area contributed by atoms with E-state index in [9.17, 15) is 0 Å². The monoisotopic (exact) mass is 327 g/mol. The standard InChI is InChI=1S/C18H25N5O/c1-11-17(13(3)23(5)21-11)18-16(6-7-24-18)20-10-14-8-15(9-19)22(4)12(14)2/h8,16,18,20H,6-7,10H2,1-5H3/t16-,18-/m0/s1. The molecule has 0 unspecified atom stereocenters. The molecule has 0 spiro atoms. The third-order valence-electron chi connectivity index (χ3n) is 5.25. The van der Waals surface area contributed by atoms with Gasteiger partial charge in [-0.25, -0.2) is 0 Å². The molecule has 0 radical (unpaired) electrons. The molecule has 0 bridgehead atoms. The van der Waals surface area contributed by atoms with Gasteiger partial charge in [0.1, 0.15) is 17.9 Å². The second-order valence-corrected chi connectivity index (χ2v) is 6.59. The quantitative estimate of drug-likeness (QED) is 0.934. The molecule has 1 saturated heterocycles. The summed E-state index contributed by atoms with van der Waals surface area (Å²) in [4.78, 5) is 0. The average molecular weight is 327 g/mol. The van der Waals surface area contributed by atoms with Crippen LogP contribution in [0.5, 0.6) is 0 Å². The molecule has 0 saturated carbocycles. The second-order valence-electron chi connectivity index (χ2n) is 6.59. The van der Waals surface area contributed by atoms with Crippen LogP contribution in [0.3, 0.4) is 0 Å². The Morgan fingerprint density at radius 3 is 2.67 bits per heavy atom. The van der Waals surface area contributed by atoms with E-state index in [2.05, 4.69) is 30.3 Å². The Morgan fingerprint density at radius 1 is 1.33 bits per heavy atom. The van der Waals surface area contributed by atoms with Gasteiger partial charge in [-0.15, -0.1) is 0 Å². The first-order valence-corrected chi connectivity index (χ1v) is 8.34. The highest BCUT2D eigenvalue weighted by atomic mass is 16.5. The molecule has 1 fully saturated rings. The lowest BCUT2D eigenvalue weighted by Crippen LogP contribution is -2.31. The molecule has 128 valence electrons. The maximum Gasteiger partial charge on any atom is 0.120 e. The van der Waals surface area contributed by atoms with Gasteiger partial charge in [0.25, 0.3) is 0 Å². The summed E-state index contributed by atoms with van der Waals surface area (Å²) < 4.78 is 9.88. The van der Waals surface area contributed by atoms with Gasteiger partial charge < -0.3 is 14.6 Å². The van der Waals surface area contributed by atoms with Gasteiger partial charge in [0, 0.05) is 50.2 Å². The first-order valence-electron chi connectivity index (χ1n) is 8.34. The van der Waals surface area contributed by atoms with Gasteiger partial charge in [0.15, 0.2) is 0 Å². The van der Waals surface area contributed by atoms with Crippen molar-refractivity contribution in [2.24, 2.45) is 14.1 Å². The van der Waals surface area contributed by atoms with Gasteiger partial charge in [-0.3, -0.25) is 4.68 Å². The highest BCUT2D eigenvalue weighted by Gasteiger charge is 2.33. The summed E-state index contributed by atoms with van der Waals surface area (Å²) in [6.45, 7) is 7.68. The van der Waals surface area contributed by atoms with Gasteiger partial charge in [0.05, 0.1) is 5.69 Å². The number of rotatable bonds is 4. The normalized spacial score (nSPS) is 20.5. The van der Waals surface area contributed by atoms with E-state index < -0.39 is 0 Å². The smallest absolute Gasteiger partial charge is 0.120 e. The fraction of sp³-hybridized carbons (Fsp3) is 0.556. The van der Waals surface area contributed by atoms with Crippen molar-refractivity contribution < 1.29 is 4.74 Å². The molecule has 3 rings (SSSR count). The highest BCUT2D eigenvalue weighted by Crippen LogP contribution is 2.33. The predicted octanol–water partition coefficient (Wildman–Crippen LogP) is 2.18. The largest absolute Gasteiger partial charge is 0.372 e. The predicted molar refractivity (Wildman–Crippen MR) is 91.5 cm³/mol. The number of nitrogens with zero attached hydrogens (tertiary/aromatic N) is 4. The molecule has 6 nitrogen and oxygen atoms in total. The maximum absolute atomic E-state index is 9.17. The van der Waals surface area contributed by atoms with E-state index in [1.807, 2.05) is 36.3 Å². The first kappa shape index (κ1) is 16.7. The van der Waals surface area contributed by atoms with Crippen LogP contribution >= 0.6 is 0 Å². The van der Waals surface area contributed by atoms with Crippen LogP contribution < -0.4 is 5.32 Å². The second kappa shape index (κ2) is 6.42. The van der Waals surface area contributed by atoms with Crippen molar-refractivity contribution in [2.45, 2.75) is 45.9 Å². The Bertz CT molecular complexity index is 795. The van der Waals surface area contributed by atoms with Gasteiger partial charge in [-0.1, -0.05) is 0 Å². The molecule has 3 heterocycles. The minimum atomic E-state index is 0.0400. The summed E-state index contributed by atoms with van der Waals surface area (Å²) >= 11 is 0. The molecule has 0 aromatic carbocycles. The van der Waals surface area contributed by atoms with Crippen molar-refractivity contribution in [2.75, 3.05) is 6.61 Å². The van der Waals surface area contributed by atoms with E-state index in [0.717, 1.165) is 36.7 Å². The zero-order chi connectivity index (χ0) is 17.4. The van der Waals surface area contributed by atoms with Crippen molar-refractivity contribution >= 4 is 0 Å². The molecule has 1 aliphatic heterocycles. The van der Waals surface area contributed by atoms with Crippen LogP contribution in [0.15, 0.2) is 6.07 Å². The van der Waals surface area contributed by atoms with Crippen molar-refractivity contribution in [3.05, 3.63) is 40.0 Å². The molecular weight excluding hydrogens is 302 g/mol. The summed E-state index contributed by atoms with van der Waals surface area (Å²) in [7, 11) is 3.90. The molecule has 2 atom stereocenters. The number of hydrogen-bond donors (Lipinski definition) is 1. The molecule has 6 heteroatoms. The van der Waals surface area contributed by atoms with E-state index in [1.165, 1.54) is 11.1 Å². The van der Waals surface area contributed by atoms with Gasteiger partial charge >= 0.3 is 0 Å². The Hall–Kier alpha value is -2.10. The van der Waals surface area contributed by atoms with Crippen LogP contribution in [0, 0.1) is 32.1 Å². The zero-order valence-electron chi connectivity index (χ0n) is 15.1. The minimum Gasteiger partial charge on any atom is -0.372 e. The fourth-order valence-corrected chi connectivity index (χ4v) is 3.57. The van der Waals surface area contributed by atoms with Crippen molar-refractivity contribution in [3.8, 4) is 6.07 Å². The maximum atomic E-state index is 9.17. The van der Waals surface area contributed by atoms with Crippen LogP contribution in [0.4, 0.5) is 0 Å². The zero-order valence-corrected chi connectivity index (χ0v) is 15.1. The number of nitrogens with one attached hydrogen (secondary N) is 1. The van der Waals surface area contributed by atoms with Gasteiger partial charge in [-0.2, -0.15) is 10.4 Å². The molecule has 0 amide bonds. The minimum absolute atomic E-state index is 0.0400. The number of aryl methyl sites for hydroxylation is 2. The fourth-order valence-electron chi connectivity index (χ4n) is 3.57. The molecule has 1 N–H and O–H groups in total. The average Bonchev–Trinajstić information content (AvgIpc) is 3.18.